The fourth-order valence-corrected chi connectivity index (χ4v) is 2.99. The molecule has 1 heterocycles. The van der Waals surface area contributed by atoms with E-state index in [4.69, 9.17) is 5.73 Å². The molecule has 1 aromatic carbocycles. The summed E-state index contributed by atoms with van der Waals surface area (Å²) in [6.45, 7) is 0.564. The molecular weight excluding hydrogens is 288 g/mol. The normalized spacial score (nSPS) is 17.0. The maximum atomic E-state index is 6.05. The lowest BCUT2D eigenvalue weighted by atomic mass is 10.1. The average Bonchev–Trinajstić information content (AvgIpc) is 2.99. The predicted octanol–water partition coefficient (Wildman–Crippen LogP) is 2.39. The number of hydrogen-bond acceptors (Lipinski definition) is 3. The molecule has 3 rings (SSSR count). The van der Waals surface area contributed by atoms with Crippen LogP contribution in [0.5, 0.6) is 0 Å². The van der Waals surface area contributed by atoms with Crippen LogP contribution in [0.15, 0.2) is 41.9 Å². The quantitative estimate of drug-likeness (QED) is 0.516. The van der Waals surface area contributed by atoms with Crippen LogP contribution in [0.4, 0.5) is 0 Å². The molecule has 3 N–H and O–H groups in total. The van der Waals surface area contributed by atoms with Crippen molar-refractivity contribution in [2.75, 3.05) is 0 Å². The van der Waals surface area contributed by atoms with Crippen LogP contribution in [-0.2, 0) is 6.54 Å². The summed E-state index contributed by atoms with van der Waals surface area (Å²) in [6, 6.07) is 8.56. The maximum absolute atomic E-state index is 6.05. The summed E-state index contributed by atoms with van der Waals surface area (Å²) >= 11 is 0. The van der Waals surface area contributed by atoms with E-state index < -0.39 is 0 Å². The van der Waals surface area contributed by atoms with Gasteiger partial charge in [-0.25, -0.2) is 14.7 Å². The molecule has 1 aliphatic carbocycles. The lowest BCUT2D eigenvalue weighted by Crippen LogP contribution is -2.39. The van der Waals surface area contributed by atoms with Crippen LogP contribution in [0, 0.1) is 0 Å². The summed E-state index contributed by atoms with van der Waals surface area (Å²) in [5, 5.41) is 7.51. The molecule has 23 heavy (non-hydrogen) atoms. The zero-order chi connectivity index (χ0) is 15.9. The maximum Gasteiger partial charge on any atom is 0.189 e. The Morgan fingerprint density at radius 1 is 1.26 bits per heavy atom. The molecule has 0 spiro atoms. The van der Waals surface area contributed by atoms with Gasteiger partial charge < -0.3 is 11.1 Å². The van der Waals surface area contributed by atoms with Crippen LogP contribution < -0.4 is 11.1 Å². The van der Waals surface area contributed by atoms with Gasteiger partial charge in [-0.15, -0.1) is 0 Å². The Morgan fingerprint density at radius 3 is 2.83 bits per heavy atom. The van der Waals surface area contributed by atoms with Crippen molar-refractivity contribution < 1.29 is 0 Å². The van der Waals surface area contributed by atoms with Gasteiger partial charge in [0, 0.05) is 6.04 Å². The monoisotopic (exact) mass is 312 g/mol. The van der Waals surface area contributed by atoms with E-state index in [-0.39, 0.29) is 0 Å². The molecule has 1 saturated carbocycles. The van der Waals surface area contributed by atoms with Crippen LogP contribution in [-0.4, -0.2) is 26.8 Å². The highest BCUT2D eigenvalue weighted by molar-refractivity contribution is 5.78. The van der Waals surface area contributed by atoms with Crippen LogP contribution in [0.1, 0.15) is 44.1 Å². The molecule has 0 bridgehead atoms. The van der Waals surface area contributed by atoms with E-state index in [1.807, 2.05) is 18.2 Å². The van der Waals surface area contributed by atoms with Gasteiger partial charge in [0.25, 0.3) is 0 Å². The minimum atomic E-state index is 0.475. The molecule has 1 fully saturated rings. The second kappa shape index (κ2) is 7.76. The summed E-state index contributed by atoms with van der Waals surface area (Å²) in [7, 11) is 0. The minimum Gasteiger partial charge on any atom is -0.370 e. The lowest BCUT2D eigenvalue weighted by molar-refractivity contribution is 0.530. The smallest absolute Gasteiger partial charge is 0.189 e. The number of hydrogen-bond donors (Lipinski definition) is 2. The van der Waals surface area contributed by atoms with Gasteiger partial charge in [-0.2, -0.15) is 5.10 Å². The van der Waals surface area contributed by atoms with Crippen molar-refractivity contribution in [3.8, 4) is 5.69 Å². The largest absolute Gasteiger partial charge is 0.370 e. The van der Waals surface area contributed by atoms with Crippen molar-refractivity contribution in [1.82, 2.24) is 20.1 Å². The number of aliphatic imine (C=N–C) groups is 1. The zero-order valence-electron chi connectivity index (χ0n) is 13.4. The third-order valence-electron chi connectivity index (χ3n) is 4.23. The summed E-state index contributed by atoms with van der Waals surface area (Å²) < 4.78 is 1.74. The molecule has 0 atom stereocenters. The van der Waals surface area contributed by atoms with Crippen LogP contribution >= 0.6 is 0 Å². The highest BCUT2D eigenvalue weighted by Gasteiger charge is 2.12. The number of rotatable bonds is 4. The lowest BCUT2D eigenvalue weighted by Gasteiger charge is -2.16. The molecule has 0 aliphatic heterocycles. The van der Waals surface area contributed by atoms with Gasteiger partial charge in [0.15, 0.2) is 5.96 Å². The van der Waals surface area contributed by atoms with Crippen molar-refractivity contribution in [3.63, 3.8) is 0 Å². The van der Waals surface area contributed by atoms with Crippen molar-refractivity contribution in [3.05, 3.63) is 42.5 Å². The second-order valence-electron chi connectivity index (χ2n) is 6.04. The van der Waals surface area contributed by atoms with E-state index in [0.29, 0.717) is 18.5 Å². The molecule has 2 aromatic rings. The molecule has 6 nitrogen and oxygen atoms in total. The topological polar surface area (TPSA) is 81.1 Å². The van der Waals surface area contributed by atoms with Crippen molar-refractivity contribution in [1.29, 1.82) is 0 Å². The number of nitrogens with zero attached hydrogens (tertiary/aromatic N) is 4. The third-order valence-corrected chi connectivity index (χ3v) is 4.23. The SMILES string of the molecule is NC(=NCc1cccc(-n2cncn2)c1)NC1CCCCCC1. The van der Waals surface area contributed by atoms with E-state index in [0.717, 1.165) is 11.3 Å². The Kier molecular flexibility index (Phi) is 5.24. The summed E-state index contributed by atoms with van der Waals surface area (Å²) in [5.41, 5.74) is 8.13. The third kappa shape index (κ3) is 4.55. The Morgan fingerprint density at radius 2 is 2.09 bits per heavy atom. The summed E-state index contributed by atoms with van der Waals surface area (Å²) in [5.74, 6) is 0.544. The first kappa shape index (κ1) is 15.5. The second-order valence-corrected chi connectivity index (χ2v) is 6.04. The fraction of sp³-hybridized carbons (Fsp3) is 0.471. The Balaban J connectivity index is 1.59. The summed E-state index contributed by atoms with van der Waals surface area (Å²) in [4.78, 5) is 8.45. The molecule has 0 unspecified atom stereocenters. The van der Waals surface area contributed by atoms with Gasteiger partial charge in [0.1, 0.15) is 12.7 Å². The predicted molar refractivity (Wildman–Crippen MR) is 91.3 cm³/mol. The molecule has 0 saturated heterocycles. The van der Waals surface area contributed by atoms with E-state index in [1.54, 1.807) is 11.0 Å². The van der Waals surface area contributed by atoms with Crippen LogP contribution in [0.25, 0.3) is 5.69 Å². The van der Waals surface area contributed by atoms with Gasteiger partial charge in [-0.3, -0.25) is 0 Å². The van der Waals surface area contributed by atoms with Gasteiger partial charge in [-0.05, 0) is 30.5 Å². The molecule has 6 heteroatoms. The molecule has 1 aliphatic rings. The van der Waals surface area contributed by atoms with Gasteiger partial charge >= 0.3 is 0 Å². The van der Waals surface area contributed by atoms with Gasteiger partial charge in [-0.1, -0.05) is 37.8 Å². The summed E-state index contributed by atoms with van der Waals surface area (Å²) in [6.07, 6.45) is 10.8. The molecular formula is C17H24N6. The minimum absolute atomic E-state index is 0.475. The van der Waals surface area contributed by atoms with Crippen molar-refractivity contribution >= 4 is 5.96 Å². The molecule has 0 amide bonds. The first-order valence-electron chi connectivity index (χ1n) is 8.32. The zero-order valence-corrected chi connectivity index (χ0v) is 13.4. The van der Waals surface area contributed by atoms with Crippen molar-refractivity contribution in [2.45, 2.75) is 51.1 Å². The number of nitrogens with two attached hydrogens (primary N) is 1. The number of guanidine groups is 1. The van der Waals surface area contributed by atoms with Gasteiger partial charge in [0.05, 0.1) is 12.2 Å². The van der Waals surface area contributed by atoms with Gasteiger partial charge in [0.2, 0.25) is 0 Å². The van der Waals surface area contributed by atoms with Crippen molar-refractivity contribution in [2.24, 2.45) is 10.7 Å². The van der Waals surface area contributed by atoms with E-state index >= 15 is 0 Å². The van der Waals surface area contributed by atoms with Crippen LogP contribution in [0.2, 0.25) is 0 Å². The van der Waals surface area contributed by atoms with E-state index in [9.17, 15) is 0 Å². The fourth-order valence-electron chi connectivity index (χ4n) is 2.99. The number of nitrogens with one attached hydrogen (secondary N) is 1. The number of aromatic nitrogens is 3. The molecule has 122 valence electrons. The first-order chi connectivity index (χ1) is 11.3. The van der Waals surface area contributed by atoms with Crippen LogP contribution in [0.3, 0.4) is 0 Å². The number of benzene rings is 1. The molecule has 0 radical (unpaired) electrons. The Hall–Kier alpha value is -2.37. The standard InChI is InChI=1S/C17H24N6/c18-17(22-15-7-3-1-2-4-8-15)20-11-14-6-5-9-16(10-14)23-13-19-12-21-23/h5-6,9-10,12-13,15H,1-4,7-8,11H2,(H3,18,20,22). The Labute approximate surface area is 136 Å². The van der Waals surface area contributed by atoms with E-state index in [2.05, 4.69) is 26.5 Å². The highest BCUT2D eigenvalue weighted by Crippen LogP contribution is 2.17. The highest BCUT2D eigenvalue weighted by atomic mass is 15.3. The van der Waals surface area contributed by atoms with E-state index in [1.165, 1.54) is 44.9 Å². The molecule has 1 aromatic heterocycles. The Bertz CT molecular complexity index is 626. The first-order valence-corrected chi connectivity index (χ1v) is 8.32. The average molecular weight is 312 g/mol.